The van der Waals surface area contributed by atoms with Gasteiger partial charge >= 0.3 is 0 Å². The van der Waals surface area contributed by atoms with E-state index < -0.39 is 0 Å². The fraction of sp³-hybridized carbons (Fsp3) is 0.381. The van der Waals surface area contributed by atoms with Gasteiger partial charge in [0, 0.05) is 13.1 Å². The maximum atomic E-state index is 4.70. The first-order chi connectivity index (χ1) is 11.8. The lowest BCUT2D eigenvalue weighted by Crippen LogP contribution is -2.34. The van der Waals surface area contributed by atoms with Crippen molar-refractivity contribution in [2.75, 3.05) is 13.1 Å². The molecule has 2 aromatic carbocycles. The summed E-state index contributed by atoms with van der Waals surface area (Å²) in [5, 5.41) is 0. The number of aromatic nitrogens is 2. The highest BCUT2D eigenvalue weighted by molar-refractivity contribution is 5.75. The molecule has 0 amide bonds. The lowest BCUT2D eigenvalue weighted by molar-refractivity contribution is 0.167. The molecule has 3 aromatic rings. The Hall–Kier alpha value is -2.13. The summed E-state index contributed by atoms with van der Waals surface area (Å²) in [5.41, 5.74) is 3.82. The van der Waals surface area contributed by atoms with E-state index in [0.717, 1.165) is 30.3 Å². The zero-order chi connectivity index (χ0) is 16.4. The molecule has 3 heteroatoms. The van der Waals surface area contributed by atoms with E-state index in [1.165, 1.54) is 37.0 Å². The van der Waals surface area contributed by atoms with Crippen molar-refractivity contribution < 1.29 is 0 Å². The number of hydrogen-bond acceptors (Lipinski definition) is 2. The van der Waals surface area contributed by atoms with E-state index in [9.17, 15) is 0 Å². The van der Waals surface area contributed by atoms with Crippen molar-refractivity contribution in [2.24, 2.45) is 5.92 Å². The summed E-state index contributed by atoms with van der Waals surface area (Å²) < 4.78 is 2.41. The van der Waals surface area contributed by atoms with Gasteiger partial charge in [0.2, 0.25) is 0 Å². The van der Waals surface area contributed by atoms with Gasteiger partial charge in [-0.05, 0) is 56.5 Å². The molecular formula is C21H25N3. The standard InChI is InChI=1S/C21H25N3/c1-17-22-20-9-5-6-10-21(20)24(17)16-19-11-13-23(14-12-19)15-18-7-3-2-4-8-18/h2-10,19H,11-16H2,1H3. The maximum Gasteiger partial charge on any atom is 0.106 e. The molecule has 0 bridgehead atoms. The molecule has 1 aliphatic rings. The first-order valence-electron chi connectivity index (χ1n) is 8.98. The first kappa shape index (κ1) is 15.4. The molecule has 0 atom stereocenters. The highest BCUT2D eigenvalue weighted by Crippen LogP contribution is 2.24. The van der Waals surface area contributed by atoms with Gasteiger partial charge in [0.1, 0.15) is 5.82 Å². The second-order valence-electron chi connectivity index (χ2n) is 6.96. The van der Waals surface area contributed by atoms with E-state index >= 15 is 0 Å². The molecule has 3 nitrogen and oxygen atoms in total. The number of likely N-dealkylation sites (tertiary alicyclic amines) is 1. The third kappa shape index (κ3) is 3.22. The highest BCUT2D eigenvalue weighted by Gasteiger charge is 2.21. The van der Waals surface area contributed by atoms with E-state index in [-0.39, 0.29) is 0 Å². The van der Waals surface area contributed by atoms with E-state index in [1.807, 2.05) is 0 Å². The van der Waals surface area contributed by atoms with Gasteiger partial charge < -0.3 is 4.57 Å². The van der Waals surface area contributed by atoms with Crippen LogP contribution in [-0.4, -0.2) is 27.5 Å². The molecule has 0 radical (unpaired) electrons. The molecule has 0 unspecified atom stereocenters. The number of benzene rings is 2. The zero-order valence-electron chi connectivity index (χ0n) is 14.4. The Kier molecular flexibility index (Phi) is 4.35. The quantitative estimate of drug-likeness (QED) is 0.716. The minimum atomic E-state index is 0.758. The van der Waals surface area contributed by atoms with Gasteiger partial charge in [-0.15, -0.1) is 0 Å². The predicted octanol–water partition coefficient (Wildman–Crippen LogP) is 4.26. The Morgan fingerprint density at radius 2 is 1.67 bits per heavy atom. The van der Waals surface area contributed by atoms with Crippen LogP contribution in [0.3, 0.4) is 0 Å². The van der Waals surface area contributed by atoms with Crippen LogP contribution in [0, 0.1) is 12.8 Å². The predicted molar refractivity (Wildman–Crippen MR) is 98.9 cm³/mol. The summed E-state index contributed by atoms with van der Waals surface area (Å²) in [6, 6.07) is 19.3. The first-order valence-corrected chi connectivity index (χ1v) is 8.98. The summed E-state index contributed by atoms with van der Waals surface area (Å²) in [6.45, 7) is 6.72. The fourth-order valence-corrected chi connectivity index (χ4v) is 3.85. The fourth-order valence-electron chi connectivity index (χ4n) is 3.85. The van der Waals surface area contributed by atoms with E-state index in [1.54, 1.807) is 0 Å². The molecule has 4 rings (SSSR count). The van der Waals surface area contributed by atoms with Crippen molar-refractivity contribution in [1.29, 1.82) is 0 Å². The molecule has 2 heterocycles. The molecule has 0 N–H and O–H groups in total. The summed E-state index contributed by atoms with van der Waals surface area (Å²) in [4.78, 5) is 7.29. The number of fused-ring (bicyclic) bond motifs is 1. The SMILES string of the molecule is Cc1nc2ccccc2n1CC1CCN(Cc2ccccc2)CC1. The summed E-state index contributed by atoms with van der Waals surface area (Å²) >= 11 is 0. The third-order valence-electron chi connectivity index (χ3n) is 5.24. The van der Waals surface area contributed by atoms with Crippen molar-refractivity contribution in [3.05, 3.63) is 66.0 Å². The number of rotatable bonds is 4. The lowest BCUT2D eigenvalue weighted by atomic mass is 9.96. The lowest BCUT2D eigenvalue weighted by Gasteiger charge is -2.32. The van der Waals surface area contributed by atoms with Gasteiger partial charge in [0.25, 0.3) is 0 Å². The van der Waals surface area contributed by atoms with Crippen LogP contribution in [0.15, 0.2) is 54.6 Å². The smallest absolute Gasteiger partial charge is 0.106 e. The monoisotopic (exact) mass is 319 g/mol. The second kappa shape index (κ2) is 6.78. The highest BCUT2D eigenvalue weighted by atomic mass is 15.1. The van der Waals surface area contributed by atoms with E-state index in [2.05, 4.69) is 71.0 Å². The van der Waals surface area contributed by atoms with Crippen LogP contribution < -0.4 is 0 Å². The number of piperidine rings is 1. The van der Waals surface area contributed by atoms with Crippen molar-refractivity contribution in [3.63, 3.8) is 0 Å². The summed E-state index contributed by atoms with van der Waals surface area (Å²) in [6.07, 6.45) is 2.55. The van der Waals surface area contributed by atoms with E-state index in [0.29, 0.717) is 0 Å². The topological polar surface area (TPSA) is 21.1 Å². The number of hydrogen-bond donors (Lipinski definition) is 0. The van der Waals surface area contributed by atoms with Gasteiger partial charge in [0.05, 0.1) is 11.0 Å². The molecule has 1 fully saturated rings. The van der Waals surface area contributed by atoms with Crippen molar-refractivity contribution in [2.45, 2.75) is 32.9 Å². The van der Waals surface area contributed by atoms with Crippen LogP contribution in [0.1, 0.15) is 24.2 Å². The Morgan fingerprint density at radius 1 is 0.958 bits per heavy atom. The van der Waals surface area contributed by atoms with Crippen LogP contribution in [0.5, 0.6) is 0 Å². The minimum absolute atomic E-state index is 0.758. The van der Waals surface area contributed by atoms with Crippen molar-refractivity contribution >= 4 is 11.0 Å². The number of aryl methyl sites for hydroxylation is 1. The third-order valence-corrected chi connectivity index (χ3v) is 5.24. The average molecular weight is 319 g/mol. The molecule has 1 aliphatic heterocycles. The van der Waals surface area contributed by atoms with Crippen LogP contribution in [0.25, 0.3) is 11.0 Å². The zero-order valence-corrected chi connectivity index (χ0v) is 14.4. The van der Waals surface area contributed by atoms with Gasteiger partial charge in [-0.3, -0.25) is 4.90 Å². The second-order valence-corrected chi connectivity index (χ2v) is 6.96. The van der Waals surface area contributed by atoms with Crippen molar-refractivity contribution in [3.8, 4) is 0 Å². The van der Waals surface area contributed by atoms with Gasteiger partial charge in [-0.2, -0.15) is 0 Å². The number of para-hydroxylation sites is 2. The summed E-state index contributed by atoms with van der Waals surface area (Å²) in [7, 11) is 0. The molecule has 124 valence electrons. The Bertz CT molecular complexity index is 798. The van der Waals surface area contributed by atoms with E-state index in [4.69, 9.17) is 4.98 Å². The molecule has 0 aliphatic carbocycles. The molecular weight excluding hydrogens is 294 g/mol. The molecule has 1 aromatic heterocycles. The normalized spacial score (nSPS) is 16.7. The Balaban J connectivity index is 1.38. The largest absolute Gasteiger partial charge is 0.328 e. The maximum absolute atomic E-state index is 4.70. The number of imidazole rings is 1. The Labute approximate surface area is 143 Å². The molecule has 1 saturated heterocycles. The molecule has 24 heavy (non-hydrogen) atoms. The van der Waals surface area contributed by atoms with Gasteiger partial charge in [-0.25, -0.2) is 4.98 Å². The van der Waals surface area contributed by atoms with Crippen LogP contribution in [-0.2, 0) is 13.1 Å². The van der Waals surface area contributed by atoms with Crippen LogP contribution >= 0.6 is 0 Å². The van der Waals surface area contributed by atoms with Gasteiger partial charge in [0.15, 0.2) is 0 Å². The Morgan fingerprint density at radius 3 is 2.46 bits per heavy atom. The van der Waals surface area contributed by atoms with Crippen molar-refractivity contribution in [1.82, 2.24) is 14.5 Å². The van der Waals surface area contributed by atoms with Gasteiger partial charge in [-0.1, -0.05) is 42.5 Å². The average Bonchev–Trinajstić information content (AvgIpc) is 2.93. The van der Waals surface area contributed by atoms with Crippen LogP contribution in [0.4, 0.5) is 0 Å². The summed E-state index contributed by atoms with van der Waals surface area (Å²) in [5.74, 6) is 1.90. The minimum Gasteiger partial charge on any atom is -0.328 e. The molecule has 0 saturated carbocycles. The molecule has 0 spiro atoms. The van der Waals surface area contributed by atoms with Crippen LogP contribution in [0.2, 0.25) is 0 Å². The number of nitrogens with zero attached hydrogens (tertiary/aromatic N) is 3.